The van der Waals surface area contributed by atoms with Crippen molar-refractivity contribution in [1.29, 1.82) is 0 Å². The van der Waals surface area contributed by atoms with Crippen LogP contribution in [0.5, 0.6) is 0 Å². The second-order valence-corrected chi connectivity index (χ2v) is 7.70. The number of nitrogens with one attached hydrogen (secondary N) is 1. The number of likely N-dealkylation sites (N-methyl/N-ethyl adjacent to an activating group) is 2. The average Bonchev–Trinajstić information content (AvgIpc) is 3.34. The fourth-order valence-corrected chi connectivity index (χ4v) is 3.77. The number of urea groups is 1. The number of carbonyl (C=O) groups is 3. The normalized spacial score (nSPS) is 18.6. The SMILES string of the molecule is Cc1ccc([C@@H]2NC(=O)N(C)C3=C2C(=O)N(CC(=O)N(C)Cc2ccco2)C3)cc1. The Morgan fingerprint density at radius 3 is 2.63 bits per heavy atom. The Labute approximate surface area is 174 Å². The molecular formula is C22H24N4O4. The molecular weight excluding hydrogens is 384 g/mol. The van der Waals surface area contributed by atoms with Crippen LogP contribution in [0.2, 0.25) is 0 Å². The van der Waals surface area contributed by atoms with Crippen LogP contribution < -0.4 is 5.32 Å². The molecule has 8 heteroatoms. The number of carbonyl (C=O) groups excluding carboxylic acids is 3. The van der Waals surface area contributed by atoms with Gasteiger partial charge in [0.1, 0.15) is 12.3 Å². The summed E-state index contributed by atoms with van der Waals surface area (Å²) in [6, 6.07) is 10.5. The second kappa shape index (κ2) is 7.70. The van der Waals surface area contributed by atoms with E-state index in [2.05, 4.69) is 5.32 Å². The third kappa shape index (κ3) is 3.56. The summed E-state index contributed by atoms with van der Waals surface area (Å²) >= 11 is 0. The summed E-state index contributed by atoms with van der Waals surface area (Å²) in [4.78, 5) is 42.8. The topological polar surface area (TPSA) is 86.1 Å². The maximum absolute atomic E-state index is 13.2. The van der Waals surface area contributed by atoms with Crippen LogP contribution in [0.1, 0.15) is 22.9 Å². The number of aryl methyl sites for hydroxylation is 1. The summed E-state index contributed by atoms with van der Waals surface area (Å²) in [5.41, 5.74) is 3.08. The van der Waals surface area contributed by atoms with Gasteiger partial charge in [-0.15, -0.1) is 0 Å². The van der Waals surface area contributed by atoms with Gasteiger partial charge < -0.3 is 19.5 Å². The monoisotopic (exact) mass is 408 g/mol. The number of benzene rings is 1. The predicted octanol–water partition coefficient (Wildman–Crippen LogP) is 2.04. The highest BCUT2D eigenvalue weighted by atomic mass is 16.3. The third-order valence-corrected chi connectivity index (χ3v) is 5.57. The molecule has 0 aliphatic carbocycles. The van der Waals surface area contributed by atoms with Gasteiger partial charge in [-0.2, -0.15) is 0 Å². The summed E-state index contributed by atoms with van der Waals surface area (Å²) in [5, 5.41) is 2.90. The number of nitrogens with zero attached hydrogens (tertiary/aromatic N) is 3. The fraction of sp³-hybridized carbons (Fsp3) is 0.318. The molecule has 156 valence electrons. The van der Waals surface area contributed by atoms with Crippen LogP contribution in [0.4, 0.5) is 4.79 Å². The van der Waals surface area contributed by atoms with Crippen molar-refractivity contribution < 1.29 is 18.8 Å². The second-order valence-electron chi connectivity index (χ2n) is 7.70. The number of hydrogen-bond donors (Lipinski definition) is 1. The van der Waals surface area contributed by atoms with E-state index in [0.29, 0.717) is 23.6 Å². The van der Waals surface area contributed by atoms with Crippen molar-refractivity contribution in [2.24, 2.45) is 0 Å². The van der Waals surface area contributed by atoms with Crippen LogP contribution in [0.3, 0.4) is 0 Å². The van der Waals surface area contributed by atoms with Crippen LogP contribution in [0.25, 0.3) is 0 Å². The largest absolute Gasteiger partial charge is 0.467 e. The highest BCUT2D eigenvalue weighted by Crippen LogP contribution is 2.35. The Morgan fingerprint density at radius 1 is 1.23 bits per heavy atom. The highest BCUT2D eigenvalue weighted by molar-refractivity contribution is 6.02. The Balaban J connectivity index is 1.53. The molecule has 1 aromatic carbocycles. The lowest BCUT2D eigenvalue weighted by Crippen LogP contribution is -2.45. The maximum atomic E-state index is 13.2. The van der Waals surface area contributed by atoms with E-state index in [1.165, 1.54) is 14.7 Å². The first kappa shape index (κ1) is 19.8. The summed E-state index contributed by atoms with van der Waals surface area (Å²) in [7, 11) is 3.31. The van der Waals surface area contributed by atoms with Crippen LogP contribution in [-0.2, 0) is 16.1 Å². The maximum Gasteiger partial charge on any atom is 0.322 e. The lowest BCUT2D eigenvalue weighted by molar-refractivity contribution is -0.137. The quantitative estimate of drug-likeness (QED) is 0.820. The molecule has 2 aromatic rings. The van der Waals surface area contributed by atoms with Crippen LogP contribution >= 0.6 is 0 Å². The number of hydrogen-bond acceptors (Lipinski definition) is 4. The molecule has 4 amide bonds. The van der Waals surface area contributed by atoms with Crippen molar-refractivity contribution in [3.63, 3.8) is 0 Å². The van der Waals surface area contributed by atoms with Gasteiger partial charge in [0.05, 0.1) is 36.7 Å². The van der Waals surface area contributed by atoms with Crippen molar-refractivity contribution in [2.45, 2.75) is 19.5 Å². The first-order valence-electron chi connectivity index (χ1n) is 9.74. The fourth-order valence-electron chi connectivity index (χ4n) is 3.77. The zero-order chi connectivity index (χ0) is 21.4. The van der Waals surface area contributed by atoms with Crippen molar-refractivity contribution >= 4 is 17.8 Å². The zero-order valence-corrected chi connectivity index (χ0v) is 17.2. The summed E-state index contributed by atoms with van der Waals surface area (Å²) in [5.74, 6) is 0.237. The molecule has 30 heavy (non-hydrogen) atoms. The Morgan fingerprint density at radius 2 is 1.97 bits per heavy atom. The van der Waals surface area contributed by atoms with Crippen LogP contribution in [0, 0.1) is 6.92 Å². The average molecular weight is 408 g/mol. The Kier molecular flexibility index (Phi) is 5.07. The first-order chi connectivity index (χ1) is 14.3. The van der Waals surface area contributed by atoms with Crippen molar-refractivity contribution in [2.75, 3.05) is 27.2 Å². The summed E-state index contributed by atoms with van der Waals surface area (Å²) in [6.45, 7) is 2.47. The predicted molar refractivity (Wildman–Crippen MR) is 109 cm³/mol. The molecule has 0 saturated heterocycles. The Bertz CT molecular complexity index is 1010. The minimum Gasteiger partial charge on any atom is -0.467 e. The van der Waals surface area contributed by atoms with E-state index in [1.807, 2.05) is 31.2 Å². The van der Waals surface area contributed by atoms with Gasteiger partial charge in [-0.25, -0.2) is 4.79 Å². The molecule has 0 saturated carbocycles. The van der Waals surface area contributed by atoms with E-state index in [1.54, 1.807) is 32.5 Å². The molecule has 4 rings (SSSR count). The highest BCUT2D eigenvalue weighted by Gasteiger charge is 2.43. The van der Waals surface area contributed by atoms with E-state index >= 15 is 0 Å². The molecule has 1 atom stereocenters. The lowest BCUT2D eigenvalue weighted by atomic mass is 9.95. The number of furan rings is 1. The van der Waals surface area contributed by atoms with E-state index in [-0.39, 0.29) is 30.9 Å². The Hall–Kier alpha value is -3.55. The molecule has 0 radical (unpaired) electrons. The van der Waals surface area contributed by atoms with Crippen LogP contribution in [0.15, 0.2) is 58.3 Å². The molecule has 8 nitrogen and oxygen atoms in total. The van der Waals surface area contributed by atoms with Crippen molar-refractivity contribution in [3.8, 4) is 0 Å². The molecule has 1 aromatic heterocycles. The van der Waals surface area contributed by atoms with Gasteiger partial charge in [0.15, 0.2) is 0 Å². The van der Waals surface area contributed by atoms with Gasteiger partial charge in [0, 0.05) is 14.1 Å². The molecule has 1 N–H and O–H groups in total. The van der Waals surface area contributed by atoms with Crippen molar-refractivity contribution in [1.82, 2.24) is 20.0 Å². The van der Waals surface area contributed by atoms with Crippen molar-refractivity contribution in [3.05, 3.63) is 70.8 Å². The smallest absolute Gasteiger partial charge is 0.322 e. The van der Waals surface area contributed by atoms with Gasteiger partial charge in [-0.1, -0.05) is 29.8 Å². The minimum absolute atomic E-state index is 0.0638. The molecule has 0 fully saturated rings. The first-order valence-corrected chi connectivity index (χ1v) is 9.74. The van der Waals surface area contributed by atoms with E-state index in [0.717, 1.165) is 11.1 Å². The molecule has 0 bridgehead atoms. The van der Waals surface area contributed by atoms with E-state index in [9.17, 15) is 14.4 Å². The lowest BCUT2D eigenvalue weighted by Gasteiger charge is -2.31. The van der Waals surface area contributed by atoms with E-state index in [4.69, 9.17) is 4.42 Å². The minimum atomic E-state index is -0.530. The molecule has 0 unspecified atom stereocenters. The van der Waals surface area contributed by atoms with Gasteiger partial charge in [-0.05, 0) is 24.6 Å². The summed E-state index contributed by atoms with van der Waals surface area (Å²) < 4.78 is 5.28. The standard InChI is InChI=1S/C22H24N4O4/c1-14-6-8-15(9-7-14)20-19-17(25(3)22(29)23-20)12-26(21(19)28)13-18(27)24(2)11-16-5-4-10-30-16/h4-10,20H,11-13H2,1-3H3,(H,23,29)/t20-/m0/s1. The van der Waals surface area contributed by atoms with Gasteiger partial charge >= 0.3 is 6.03 Å². The zero-order valence-electron chi connectivity index (χ0n) is 17.2. The molecule has 3 heterocycles. The third-order valence-electron chi connectivity index (χ3n) is 5.57. The van der Waals surface area contributed by atoms with Gasteiger partial charge in [0.25, 0.3) is 5.91 Å². The number of rotatable bonds is 5. The van der Waals surface area contributed by atoms with E-state index < -0.39 is 6.04 Å². The van der Waals surface area contributed by atoms with Crippen LogP contribution in [-0.4, -0.2) is 59.7 Å². The molecule has 2 aliphatic heterocycles. The van der Waals surface area contributed by atoms with Gasteiger partial charge in [0.2, 0.25) is 5.91 Å². The molecule has 2 aliphatic rings. The number of amides is 4. The van der Waals surface area contributed by atoms with Gasteiger partial charge in [-0.3, -0.25) is 14.5 Å². The molecule has 0 spiro atoms. The summed E-state index contributed by atoms with van der Waals surface area (Å²) in [6.07, 6.45) is 1.56.